The molecule has 3 N–H and O–H groups in total. The molecular formula is C11H12F2N2O2. The fraction of sp³-hybridized carbons (Fsp3) is 0.364. The Morgan fingerprint density at radius 3 is 2.76 bits per heavy atom. The largest absolute Gasteiger partial charge is 0.478 e. The molecule has 1 aliphatic heterocycles. The maximum atomic E-state index is 13.4. The minimum Gasteiger partial charge on any atom is -0.478 e. The van der Waals surface area contributed by atoms with E-state index in [9.17, 15) is 13.6 Å². The molecule has 0 spiro atoms. The van der Waals surface area contributed by atoms with Crippen LogP contribution in [0.4, 0.5) is 14.5 Å². The first-order valence-corrected chi connectivity index (χ1v) is 5.27. The first-order chi connectivity index (χ1) is 8.08. The minimum atomic E-state index is -1.41. The van der Waals surface area contributed by atoms with Gasteiger partial charge in [-0.15, -0.1) is 0 Å². The first kappa shape index (κ1) is 11.8. The summed E-state index contributed by atoms with van der Waals surface area (Å²) in [5, 5.41) is 14.7. The summed E-state index contributed by atoms with van der Waals surface area (Å²) in [6, 6.07) is 1.62. The van der Waals surface area contributed by atoms with Crippen LogP contribution in [0, 0.1) is 11.6 Å². The molecule has 0 aliphatic carbocycles. The smallest absolute Gasteiger partial charge is 0.338 e. The number of carboxylic acids is 1. The predicted molar refractivity (Wildman–Crippen MR) is 58.2 cm³/mol. The molecule has 92 valence electrons. The highest BCUT2D eigenvalue weighted by Gasteiger charge is 2.19. The van der Waals surface area contributed by atoms with Gasteiger partial charge in [0, 0.05) is 18.7 Å². The molecule has 0 bridgehead atoms. The number of benzene rings is 1. The lowest BCUT2D eigenvalue weighted by Crippen LogP contribution is -2.23. The summed E-state index contributed by atoms with van der Waals surface area (Å²) in [7, 11) is 0. The summed E-state index contributed by atoms with van der Waals surface area (Å²) in [5.74, 6) is -3.25. The molecule has 1 saturated heterocycles. The van der Waals surface area contributed by atoms with Crippen LogP contribution < -0.4 is 10.6 Å². The number of anilines is 1. The van der Waals surface area contributed by atoms with Gasteiger partial charge in [-0.25, -0.2) is 13.6 Å². The average molecular weight is 242 g/mol. The highest BCUT2D eigenvalue weighted by Crippen LogP contribution is 2.21. The highest BCUT2D eigenvalue weighted by molar-refractivity contribution is 5.89. The third-order valence-electron chi connectivity index (χ3n) is 2.71. The normalized spacial score (nSPS) is 19.3. The van der Waals surface area contributed by atoms with Gasteiger partial charge in [-0.3, -0.25) is 0 Å². The van der Waals surface area contributed by atoms with Gasteiger partial charge in [0.05, 0.1) is 11.3 Å². The van der Waals surface area contributed by atoms with Crippen molar-refractivity contribution in [3.8, 4) is 0 Å². The maximum absolute atomic E-state index is 13.4. The van der Waals surface area contributed by atoms with Crippen LogP contribution >= 0.6 is 0 Å². The number of carbonyl (C=O) groups is 1. The van der Waals surface area contributed by atoms with Crippen molar-refractivity contribution >= 4 is 11.7 Å². The van der Waals surface area contributed by atoms with Crippen molar-refractivity contribution in [1.29, 1.82) is 0 Å². The summed E-state index contributed by atoms with van der Waals surface area (Å²) in [6.45, 7) is 1.51. The zero-order valence-electron chi connectivity index (χ0n) is 8.96. The lowest BCUT2D eigenvalue weighted by molar-refractivity contribution is 0.0692. The van der Waals surface area contributed by atoms with Crippen molar-refractivity contribution in [1.82, 2.24) is 5.32 Å². The molecule has 0 saturated carbocycles. The summed E-state index contributed by atoms with van der Waals surface area (Å²) in [4.78, 5) is 10.7. The van der Waals surface area contributed by atoms with E-state index in [1.54, 1.807) is 0 Å². The maximum Gasteiger partial charge on any atom is 0.338 e. The average Bonchev–Trinajstić information content (AvgIpc) is 2.74. The molecule has 1 fully saturated rings. The van der Waals surface area contributed by atoms with Gasteiger partial charge in [-0.1, -0.05) is 0 Å². The van der Waals surface area contributed by atoms with E-state index in [0.717, 1.165) is 19.0 Å². The molecule has 1 aromatic rings. The van der Waals surface area contributed by atoms with Gasteiger partial charge in [0.1, 0.15) is 11.6 Å². The minimum absolute atomic E-state index is 0.0255. The zero-order chi connectivity index (χ0) is 12.4. The number of rotatable bonds is 3. The number of carboxylic acid groups (broad SMARTS) is 1. The predicted octanol–water partition coefficient (Wildman–Crippen LogP) is 1.44. The lowest BCUT2D eigenvalue weighted by Gasteiger charge is -2.14. The van der Waals surface area contributed by atoms with E-state index < -0.39 is 23.2 Å². The van der Waals surface area contributed by atoms with Gasteiger partial charge in [0.2, 0.25) is 0 Å². The monoisotopic (exact) mass is 242 g/mol. The lowest BCUT2D eigenvalue weighted by atomic mass is 10.1. The van der Waals surface area contributed by atoms with E-state index in [-0.39, 0.29) is 11.7 Å². The molecule has 2 rings (SSSR count). The summed E-state index contributed by atoms with van der Waals surface area (Å²) in [6.07, 6.45) is 0.819. The van der Waals surface area contributed by atoms with Crippen LogP contribution in [0.15, 0.2) is 12.1 Å². The van der Waals surface area contributed by atoms with Crippen molar-refractivity contribution in [3.05, 3.63) is 29.3 Å². The Morgan fingerprint density at radius 1 is 1.41 bits per heavy atom. The van der Waals surface area contributed by atoms with E-state index in [1.165, 1.54) is 0 Å². The van der Waals surface area contributed by atoms with Crippen LogP contribution in [0.25, 0.3) is 0 Å². The van der Waals surface area contributed by atoms with Gasteiger partial charge < -0.3 is 15.7 Å². The quantitative estimate of drug-likeness (QED) is 0.750. The second kappa shape index (κ2) is 4.67. The van der Waals surface area contributed by atoms with E-state index in [2.05, 4.69) is 10.6 Å². The highest BCUT2D eigenvalue weighted by atomic mass is 19.1. The fourth-order valence-corrected chi connectivity index (χ4v) is 1.82. The SMILES string of the molecule is O=C(O)c1cc(NC2CCNC2)c(F)cc1F. The van der Waals surface area contributed by atoms with E-state index in [1.807, 2.05) is 0 Å². The van der Waals surface area contributed by atoms with Gasteiger partial charge >= 0.3 is 5.97 Å². The van der Waals surface area contributed by atoms with Crippen molar-refractivity contribution in [2.75, 3.05) is 18.4 Å². The van der Waals surface area contributed by atoms with E-state index in [4.69, 9.17) is 5.11 Å². The van der Waals surface area contributed by atoms with Crippen LogP contribution in [-0.2, 0) is 0 Å². The van der Waals surface area contributed by atoms with Crippen LogP contribution in [0.2, 0.25) is 0 Å². The third-order valence-corrected chi connectivity index (χ3v) is 2.71. The second-order valence-corrected chi connectivity index (χ2v) is 3.95. The van der Waals surface area contributed by atoms with E-state index in [0.29, 0.717) is 12.6 Å². The molecule has 6 heteroatoms. The Balaban J connectivity index is 2.26. The topological polar surface area (TPSA) is 61.4 Å². The number of halogens is 2. The molecule has 1 heterocycles. The van der Waals surface area contributed by atoms with Gasteiger partial charge in [0.25, 0.3) is 0 Å². The number of hydrogen-bond acceptors (Lipinski definition) is 3. The molecular weight excluding hydrogens is 230 g/mol. The molecule has 0 aromatic heterocycles. The Labute approximate surface area is 96.6 Å². The molecule has 1 unspecified atom stereocenters. The van der Waals surface area contributed by atoms with Crippen molar-refractivity contribution < 1.29 is 18.7 Å². The van der Waals surface area contributed by atoms with Crippen molar-refractivity contribution in [2.24, 2.45) is 0 Å². The Morgan fingerprint density at radius 2 is 2.18 bits per heavy atom. The van der Waals surface area contributed by atoms with Crippen LogP contribution in [0.5, 0.6) is 0 Å². The first-order valence-electron chi connectivity index (χ1n) is 5.27. The van der Waals surface area contributed by atoms with Gasteiger partial charge in [-0.2, -0.15) is 0 Å². The molecule has 1 aliphatic rings. The molecule has 1 aromatic carbocycles. The summed E-state index contributed by atoms with van der Waals surface area (Å²) in [5.41, 5.74) is -0.502. The van der Waals surface area contributed by atoms with Crippen molar-refractivity contribution in [2.45, 2.75) is 12.5 Å². The number of aromatic carboxylic acids is 1. The summed E-state index contributed by atoms with van der Waals surface area (Å²) >= 11 is 0. The molecule has 0 radical (unpaired) electrons. The Hall–Kier alpha value is -1.69. The van der Waals surface area contributed by atoms with E-state index >= 15 is 0 Å². The fourth-order valence-electron chi connectivity index (χ4n) is 1.82. The zero-order valence-corrected chi connectivity index (χ0v) is 8.96. The van der Waals surface area contributed by atoms with Crippen LogP contribution in [0.3, 0.4) is 0 Å². The van der Waals surface area contributed by atoms with Crippen molar-refractivity contribution in [3.63, 3.8) is 0 Å². The Bertz CT molecular complexity index is 445. The van der Waals surface area contributed by atoms with Gasteiger partial charge in [0.15, 0.2) is 0 Å². The standard InChI is InChI=1S/C11H12F2N2O2/c12-8-4-9(13)10(3-7(8)11(16)17)15-6-1-2-14-5-6/h3-4,6,14-15H,1-2,5H2,(H,16,17). The Kier molecular flexibility index (Phi) is 3.23. The molecule has 0 amide bonds. The van der Waals surface area contributed by atoms with Crippen LogP contribution in [0.1, 0.15) is 16.8 Å². The van der Waals surface area contributed by atoms with Gasteiger partial charge in [-0.05, 0) is 19.0 Å². The summed E-state index contributed by atoms with van der Waals surface area (Å²) < 4.78 is 26.6. The third kappa shape index (κ3) is 2.52. The number of hydrogen-bond donors (Lipinski definition) is 3. The molecule has 4 nitrogen and oxygen atoms in total. The van der Waals surface area contributed by atoms with Crippen LogP contribution in [-0.4, -0.2) is 30.2 Å². The second-order valence-electron chi connectivity index (χ2n) is 3.95. The molecule has 17 heavy (non-hydrogen) atoms. The number of nitrogens with one attached hydrogen (secondary N) is 2. The molecule has 1 atom stereocenters.